The van der Waals surface area contributed by atoms with Crippen molar-refractivity contribution >= 4 is 30.7 Å². The maximum atomic E-state index is 12.4. The van der Waals surface area contributed by atoms with Crippen molar-refractivity contribution in [3.63, 3.8) is 0 Å². The molecule has 2 heterocycles. The number of hydrogen-bond donors (Lipinski definition) is 2. The van der Waals surface area contributed by atoms with E-state index in [-0.39, 0.29) is 30.4 Å². The summed E-state index contributed by atoms with van der Waals surface area (Å²) in [5, 5.41) is 5.92. The summed E-state index contributed by atoms with van der Waals surface area (Å²) in [5.41, 5.74) is 2.47. The van der Waals surface area contributed by atoms with E-state index in [0.717, 1.165) is 37.0 Å². The molecule has 1 aromatic carbocycles. The van der Waals surface area contributed by atoms with Crippen LogP contribution in [0.4, 0.5) is 13.2 Å². The smallest absolute Gasteiger partial charge is 0.348 e. The zero-order chi connectivity index (χ0) is 16.4. The van der Waals surface area contributed by atoms with Crippen LogP contribution >= 0.6 is 24.8 Å². The maximum Gasteiger partial charge on any atom is 0.433 e. The summed E-state index contributed by atoms with van der Waals surface area (Å²) < 4.78 is 37.3. The van der Waals surface area contributed by atoms with E-state index < -0.39 is 17.8 Å². The molecule has 0 spiro atoms. The minimum Gasteiger partial charge on any atom is -0.348 e. The lowest BCUT2D eigenvalue weighted by Gasteiger charge is -2.08. The van der Waals surface area contributed by atoms with Crippen LogP contribution in [0.25, 0.3) is 0 Å². The molecule has 2 N–H and O–H groups in total. The predicted octanol–water partition coefficient (Wildman–Crippen LogP) is 3.48. The fourth-order valence-corrected chi connectivity index (χ4v) is 2.44. The average Bonchev–Trinajstić information content (AvgIpc) is 2.99. The first-order chi connectivity index (χ1) is 10.9. The number of amides is 1. The van der Waals surface area contributed by atoms with E-state index in [4.69, 9.17) is 0 Å². The lowest BCUT2D eigenvalue weighted by molar-refractivity contribution is -0.141. The highest BCUT2D eigenvalue weighted by molar-refractivity contribution is 5.93. The molecule has 1 aliphatic heterocycles. The molecule has 1 amide bonds. The third kappa shape index (κ3) is 5.07. The quantitative estimate of drug-likeness (QED) is 0.839. The fourth-order valence-electron chi connectivity index (χ4n) is 2.44. The van der Waals surface area contributed by atoms with Gasteiger partial charge in [0.15, 0.2) is 0 Å². The highest BCUT2D eigenvalue weighted by Gasteiger charge is 2.32. The summed E-state index contributed by atoms with van der Waals surface area (Å²) in [6.45, 7) is 1.96. The second-order valence-corrected chi connectivity index (χ2v) is 5.32. The molecule has 0 unspecified atom stereocenters. The lowest BCUT2D eigenvalue weighted by atomic mass is 10.1. The number of nitrogens with zero attached hydrogens (tertiary/aromatic N) is 1. The molecule has 136 valence electrons. The Morgan fingerprint density at radius 1 is 1.12 bits per heavy atom. The Kier molecular flexibility index (Phi) is 7.22. The highest BCUT2D eigenvalue weighted by atomic mass is 35.5. The first kappa shape index (κ1) is 21.2. The molecule has 1 aromatic heterocycles. The van der Waals surface area contributed by atoms with E-state index in [0.29, 0.717) is 6.54 Å². The summed E-state index contributed by atoms with van der Waals surface area (Å²) in [4.78, 5) is 15.2. The SMILES string of the molecule is Cl.Cl.O=C(NCc1ccc2c(c1)CNC2)c1ccc(C(F)(F)F)nc1. The van der Waals surface area contributed by atoms with Gasteiger partial charge in [-0.3, -0.25) is 9.78 Å². The van der Waals surface area contributed by atoms with E-state index in [2.05, 4.69) is 15.6 Å². The molecule has 9 heteroatoms. The number of halogens is 5. The summed E-state index contributed by atoms with van der Waals surface area (Å²) in [6, 6.07) is 7.88. The van der Waals surface area contributed by atoms with Gasteiger partial charge in [-0.2, -0.15) is 13.2 Å². The standard InChI is InChI=1S/C16H14F3N3O.2ClH/c17-16(18,19)14-4-3-12(9-21-14)15(23)22-6-10-1-2-11-7-20-8-13(11)5-10;;/h1-5,9,20H,6-8H2,(H,22,23);2*1H. The number of aromatic nitrogens is 1. The van der Waals surface area contributed by atoms with E-state index >= 15 is 0 Å². The van der Waals surface area contributed by atoms with Crippen molar-refractivity contribution in [3.05, 3.63) is 64.5 Å². The molecule has 1 aliphatic rings. The molecular weight excluding hydrogens is 378 g/mol. The van der Waals surface area contributed by atoms with Gasteiger partial charge in [0.2, 0.25) is 0 Å². The zero-order valence-electron chi connectivity index (χ0n) is 12.9. The van der Waals surface area contributed by atoms with Crippen LogP contribution in [-0.4, -0.2) is 10.9 Å². The number of pyridine rings is 1. The zero-order valence-corrected chi connectivity index (χ0v) is 14.5. The maximum absolute atomic E-state index is 12.4. The van der Waals surface area contributed by atoms with Crippen LogP contribution in [0, 0.1) is 0 Å². The minimum absolute atomic E-state index is 0. The molecule has 0 saturated heterocycles. The van der Waals surface area contributed by atoms with Gasteiger partial charge in [0.05, 0.1) is 5.56 Å². The van der Waals surface area contributed by atoms with Gasteiger partial charge in [0.1, 0.15) is 5.69 Å². The monoisotopic (exact) mass is 393 g/mol. The lowest BCUT2D eigenvalue weighted by Crippen LogP contribution is -2.23. The van der Waals surface area contributed by atoms with Crippen molar-refractivity contribution in [2.24, 2.45) is 0 Å². The molecule has 3 rings (SSSR count). The van der Waals surface area contributed by atoms with Gasteiger partial charge in [0, 0.05) is 25.8 Å². The molecular formula is C16H16Cl2F3N3O. The largest absolute Gasteiger partial charge is 0.433 e. The van der Waals surface area contributed by atoms with Crippen molar-refractivity contribution < 1.29 is 18.0 Å². The van der Waals surface area contributed by atoms with Gasteiger partial charge < -0.3 is 10.6 Å². The highest BCUT2D eigenvalue weighted by Crippen LogP contribution is 2.27. The third-order valence-corrected chi connectivity index (χ3v) is 3.67. The molecule has 0 saturated carbocycles. The van der Waals surface area contributed by atoms with E-state index in [1.165, 1.54) is 11.1 Å². The number of carbonyl (C=O) groups is 1. The topological polar surface area (TPSA) is 54.0 Å². The van der Waals surface area contributed by atoms with Gasteiger partial charge in [-0.15, -0.1) is 24.8 Å². The van der Waals surface area contributed by atoms with Gasteiger partial charge in [-0.1, -0.05) is 18.2 Å². The normalized spacial score (nSPS) is 12.6. The van der Waals surface area contributed by atoms with Gasteiger partial charge in [-0.25, -0.2) is 0 Å². The van der Waals surface area contributed by atoms with Crippen LogP contribution in [0.2, 0.25) is 0 Å². The summed E-state index contributed by atoms with van der Waals surface area (Å²) >= 11 is 0. The van der Waals surface area contributed by atoms with Crippen LogP contribution in [-0.2, 0) is 25.8 Å². The molecule has 4 nitrogen and oxygen atoms in total. The number of alkyl halides is 3. The van der Waals surface area contributed by atoms with Gasteiger partial charge >= 0.3 is 6.18 Å². The van der Waals surface area contributed by atoms with Gasteiger partial charge in [-0.05, 0) is 28.8 Å². The molecule has 0 aliphatic carbocycles. The molecule has 0 fully saturated rings. The number of rotatable bonds is 3. The molecule has 25 heavy (non-hydrogen) atoms. The van der Waals surface area contributed by atoms with Crippen molar-refractivity contribution in [1.29, 1.82) is 0 Å². The third-order valence-electron chi connectivity index (χ3n) is 3.67. The number of benzene rings is 1. The number of nitrogens with one attached hydrogen (secondary N) is 2. The summed E-state index contributed by atoms with van der Waals surface area (Å²) in [5.74, 6) is -0.454. The van der Waals surface area contributed by atoms with Crippen LogP contribution in [0.1, 0.15) is 32.7 Å². The summed E-state index contributed by atoms with van der Waals surface area (Å²) in [7, 11) is 0. The van der Waals surface area contributed by atoms with E-state index in [1.54, 1.807) is 0 Å². The van der Waals surface area contributed by atoms with Crippen LogP contribution < -0.4 is 10.6 Å². The van der Waals surface area contributed by atoms with Crippen molar-refractivity contribution in [2.75, 3.05) is 0 Å². The molecule has 0 radical (unpaired) electrons. The first-order valence-electron chi connectivity index (χ1n) is 7.06. The Morgan fingerprint density at radius 2 is 1.84 bits per heavy atom. The Hall–Kier alpha value is -1.83. The van der Waals surface area contributed by atoms with Crippen molar-refractivity contribution in [2.45, 2.75) is 25.8 Å². The Labute approximate surface area is 155 Å². The second-order valence-electron chi connectivity index (χ2n) is 5.32. The van der Waals surface area contributed by atoms with Crippen LogP contribution in [0.3, 0.4) is 0 Å². The van der Waals surface area contributed by atoms with E-state index in [9.17, 15) is 18.0 Å². The molecule has 0 bridgehead atoms. The number of fused-ring (bicyclic) bond motifs is 1. The second kappa shape index (κ2) is 8.51. The predicted molar refractivity (Wildman–Crippen MR) is 91.9 cm³/mol. The number of hydrogen-bond acceptors (Lipinski definition) is 3. The van der Waals surface area contributed by atoms with Gasteiger partial charge in [0.25, 0.3) is 5.91 Å². The van der Waals surface area contributed by atoms with E-state index in [1.807, 2.05) is 18.2 Å². The Balaban J connectivity index is 0.00000156. The number of carbonyl (C=O) groups excluding carboxylic acids is 1. The Bertz CT molecular complexity index is 736. The fraction of sp³-hybridized carbons (Fsp3) is 0.250. The minimum atomic E-state index is -4.51. The molecule has 2 aromatic rings. The average molecular weight is 394 g/mol. The van der Waals surface area contributed by atoms with Crippen molar-refractivity contribution in [3.8, 4) is 0 Å². The summed E-state index contributed by atoms with van der Waals surface area (Å²) in [6.07, 6.45) is -3.57. The van der Waals surface area contributed by atoms with Crippen LogP contribution in [0.15, 0.2) is 36.5 Å². The van der Waals surface area contributed by atoms with Crippen LogP contribution in [0.5, 0.6) is 0 Å². The van der Waals surface area contributed by atoms with Crippen molar-refractivity contribution in [1.82, 2.24) is 15.6 Å². The molecule has 0 atom stereocenters. The first-order valence-corrected chi connectivity index (χ1v) is 7.06. The Morgan fingerprint density at radius 3 is 2.48 bits per heavy atom.